The van der Waals surface area contributed by atoms with Crippen LogP contribution in [0.3, 0.4) is 0 Å². The number of methoxy groups -OCH3 is 1. The highest BCUT2D eigenvalue weighted by Crippen LogP contribution is 2.36. The van der Waals surface area contributed by atoms with E-state index in [0.717, 1.165) is 17.6 Å². The van der Waals surface area contributed by atoms with E-state index in [4.69, 9.17) is 4.74 Å². The summed E-state index contributed by atoms with van der Waals surface area (Å²) in [4.78, 5) is 2.58. The maximum Gasteiger partial charge on any atom is 0.119 e. The lowest BCUT2D eigenvalue weighted by atomic mass is 9.87. The molecule has 0 bridgehead atoms. The minimum Gasteiger partial charge on any atom is -0.497 e. The van der Waals surface area contributed by atoms with Gasteiger partial charge in [-0.15, -0.1) is 12.4 Å². The highest BCUT2D eigenvalue weighted by atomic mass is 35.5. The molecular formula is C20H30ClNO. The van der Waals surface area contributed by atoms with Gasteiger partial charge in [0.1, 0.15) is 5.75 Å². The molecule has 1 aromatic carbocycles. The highest BCUT2D eigenvalue weighted by Gasteiger charge is 2.28. The first-order chi connectivity index (χ1) is 10.8. The molecule has 1 aromatic rings. The van der Waals surface area contributed by atoms with Crippen molar-refractivity contribution < 1.29 is 4.74 Å². The number of allylic oxidation sites excluding steroid dienone is 2. The molecule has 2 unspecified atom stereocenters. The van der Waals surface area contributed by atoms with Gasteiger partial charge in [-0.2, -0.15) is 0 Å². The van der Waals surface area contributed by atoms with Gasteiger partial charge in [0.05, 0.1) is 7.11 Å². The molecule has 0 radical (unpaired) electrons. The molecule has 1 saturated carbocycles. The first-order valence-corrected chi connectivity index (χ1v) is 8.77. The first-order valence-electron chi connectivity index (χ1n) is 8.77. The van der Waals surface area contributed by atoms with Crippen LogP contribution in [0.4, 0.5) is 0 Å². The van der Waals surface area contributed by atoms with Crippen LogP contribution >= 0.6 is 12.4 Å². The average molecular weight is 336 g/mol. The Balaban J connectivity index is 0.00000192. The minimum atomic E-state index is 0. The molecule has 1 fully saturated rings. The summed E-state index contributed by atoms with van der Waals surface area (Å²) in [6.45, 7) is 1.23. The molecule has 2 atom stereocenters. The molecule has 0 heterocycles. The van der Waals surface area contributed by atoms with Crippen LogP contribution in [-0.2, 0) is 0 Å². The predicted octanol–water partition coefficient (Wildman–Crippen LogP) is 5.25. The molecule has 0 aliphatic heterocycles. The van der Waals surface area contributed by atoms with Gasteiger partial charge in [0.25, 0.3) is 0 Å². The van der Waals surface area contributed by atoms with Gasteiger partial charge in [-0.05, 0) is 75.1 Å². The van der Waals surface area contributed by atoms with Crippen molar-refractivity contribution in [1.82, 2.24) is 4.90 Å². The van der Waals surface area contributed by atoms with Crippen molar-refractivity contribution in [3.8, 4) is 5.75 Å². The number of hydrogen-bond donors (Lipinski definition) is 0. The Kier molecular flexibility index (Phi) is 6.98. The fourth-order valence-electron chi connectivity index (χ4n) is 3.62. The summed E-state index contributed by atoms with van der Waals surface area (Å²) < 4.78 is 5.44. The van der Waals surface area contributed by atoms with Gasteiger partial charge in [-0.25, -0.2) is 0 Å². The standard InChI is InChI=1S/C20H29NO.ClH/c1-21(15-17-11-12-17)20(13-16-7-4-3-5-8-16)18-9-6-10-19(14-18)22-2;/h4,6-7,9-10,14,16-17,20H,3,5,8,11-13,15H2,1-2H3;1H. The maximum absolute atomic E-state index is 5.44. The topological polar surface area (TPSA) is 12.5 Å². The van der Waals surface area contributed by atoms with Gasteiger partial charge in [0.2, 0.25) is 0 Å². The molecule has 2 aliphatic rings. The Bertz CT molecular complexity index is 512. The van der Waals surface area contributed by atoms with Crippen molar-refractivity contribution >= 4 is 12.4 Å². The first kappa shape index (κ1) is 18.4. The Morgan fingerprint density at radius 3 is 2.74 bits per heavy atom. The van der Waals surface area contributed by atoms with E-state index < -0.39 is 0 Å². The summed E-state index contributed by atoms with van der Waals surface area (Å²) >= 11 is 0. The Morgan fingerprint density at radius 2 is 2.09 bits per heavy atom. The number of nitrogens with zero attached hydrogens (tertiary/aromatic N) is 1. The summed E-state index contributed by atoms with van der Waals surface area (Å²) in [6, 6.07) is 9.16. The Hall–Kier alpha value is -0.990. The van der Waals surface area contributed by atoms with E-state index in [1.165, 1.54) is 50.6 Å². The average Bonchev–Trinajstić information content (AvgIpc) is 3.37. The normalized spacial score (nSPS) is 21.8. The van der Waals surface area contributed by atoms with E-state index in [2.05, 4.69) is 42.3 Å². The molecule has 23 heavy (non-hydrogen) atoms. The summed E-state index contributed by atoms with van der Waals surface area (Å²) in [6.07, 6.45) is 12.8. The maximum atomic E-state index is 5.44. The van der Waals surface area contributed by atoms with Crippen LogP contribution < -0.4 is 4.74 Å². The van der Waals surface area contributed by atoms with Crippen molar-refractivity contribution in [1.29, 1.82) is 0 Å². The second-order valence-corrected chi connectivity index (χ2v) is 7.03. The van der Waals surface area contributed by atoms with Crippen molar-refractivity contribution in [3.63, 3.8) is 0 Å². The minimum absolute atomic E-state index is 0. The van der Waals surface area contributed by atoms with Gasteiger partial charge in [0, 0.05) is 12.6 Å². The Morgan fingerprint density at radius 1 is 1.26 bits per heavy atom. The van der Waals surface area contributed by atoms with E-state index in [1.807, 2.05) is 6.07 Å². The fraction of sp³-hybridized carbons (Fsp3) is 0.600. The lowest BCUT2D eigenvalue weighted by molar-refractivity contribution is 0.204. The molecule has 0 aromatic heterocycles. The highest BCUT2D eigenvalue weighted by molar-refractivity contribution is 5.85. The van der Waals surface area contributed by atoms with E-state index in [-0.39, 0.29) is 12.4 Å². The van der Waals surface area contributed by atoms with Crippen LogP contribution in [0.15, 0.2) is 36.4 Å². The molecule has 3 heteroatoms. The van der Waals surface area contributed by atoms with Crippen LogP contribution in [0.5, 0.6) is 5.75 Å². The zero-order chi connectivity index (χ0) is 15.4. The molecule has 0 spiro atoms. The third kappa shape index (κ3) is 5.26. The van der Waals surface area contributed by atoms with Crippen molar-refractivity contribution in [2.75, 3.05) is 20.7 Å². The second kappa shape index (κ2) is 8.75. The van der Waals surface area contributed by atoms with Gasteiger partial charge in [-0.3, -0.25) is 4.90 Å². The van der Waals surface area contributed by atoms with Gasteiger partial charge >= 0.3 is 0 Å². The third-order valence-corrected chi connectivity index (χ3v) is 5.13. The lowest BCUT2D eigenvalue weighted by Gasteiger charge is -2.32. The van der Waals surface area contributed by atoms with Crippen LogP contribution in [0.1, 0.15) is 50.1 Å². The third-order valence-electron chi connectivity index (χ3n) is 5.13. The van der Waals surface area contributed by atoms with E-state index in [1.54, 1.807) is 7.11 Å². The van der Waals surface area contributed by atoms with Crippen molar-refractivity contribution in [3.05, 3.63) is 42.0 Å². The van der Waals surface area contributed by atoms with Gasteiger partial charge < -0.3 is 4.74 Å². The number of rotatable bonds is 7. The summed E-state index contributed by atoms with van der Waals surface area (Å²) in [5.41, 5.74) is 1.40. The zero-order valence-electron chi connectivity index (χ0n) is 14.4. The monoisotopic (exact) mass is 335 g/mol. The molecular weight excluding hydrogens is 306 g/mol. The summed E-state index contributed by atoms with van der Waals surface area (Å²) in [5, 5.41) is 0. The second-order valence-electron chi connectivity index (χ2n) is 7.03. The molecule has 0 saturated heterocycles. The van der Waals surface area contributed by atoms with E-state index >= 15 is 0 Å². The quantitative estimate of drug-likeness (QED) is 0.631. The summed E-state index contributed by atoms with van der Waals surface area (Å²) in [7, 11) is 4.06. The van der Waals surface area contributed by atoms with E-state index in [9.17, 15) is 0 Å². The summed E-state index contributed by atoms with van der Waals surface area (Å²) in [5.74, 6) is 2.63. The van der Waals surface area contributed by atoms with Gasteiger partial charge in [-0.1, -0.05) is 24.3 Å². The Labute approximate surface area is 147 Å². The number of hydrogen-bond acceptors (Lipinski definition) is 2. The van der Waals surface area contributed by atoms with Crippen molar-refractivity contribution in [2.24, 2.45) is 11.8 Å². The predicted molar refractivity (Wildman–Crippen MR) is 99.4 cm³/mol. The van der Waals surface area contributed by atoms with Crippen LogP contribution in [0.25, 0.3) is 0 Å². The molecule has 2 nitrogen and oxygen atoms in total. The zero-order valence-corrected chi connectivity index (χ0v) is 15.2. The molecule has 2 aliphatic carbocycles. The van der Waals surface area contributed by atoms with Gasteiger partial charge in [0.15, 0.2) is 0 Å². The SMILES string of the molecule is COc1cccc(C(CC2C=CCCC2)N(C)CC2CC2)c1.Cl. The molecule has 0 N–H and O–H groups in total. The van der Waals surface area contributed by atoms with Crippen molar-refractivity contribution in [2.45, 2.75) is 44.6 Å². The van der Waals surface area contributed by atoms with Crippen LogP contribution in [-0.4, -0.2) is 25.6 Å². The number of halogens is 1. The number of benzene rings is 1. The van der Waals surface area contributed by atoms with Crippen LogP contribution in [0, 0.1) is 11.8 Å². The molecule has 3 rings (SSSR count). The largest absolute Gasteiger partial charge is 0.497 e. The van der Waals surface area contributed by atoms with E-state index in [0.29, 0.717) is 6.04 Å². The lowest BCUT2D eigenvalue weighted by Crippen LogP contribution is -2.28. The fourth-order valence-corrected chi connectivity index (χ4v) is 3.62. The molecule has 0 amide bonds. The smallest absolute Gasteiger partial charge is 0.119 e. The molecule has 128 valence electrons. The van der Waals surface area contributed by atoms with Crippen LogP contribution in [0.2, 0.25) is 0 Å². The number of ether oxygens (including phenoxy) is 1.